The Hall–Kier alpha value is -1.45. The Morgan fingerprint density at radius 1 is 1.22 bits per heavy atom. The lowest BCUT2D eigenvalue weighted by molar-refractivity contribution is 0.0563. The summed E-state index contributed by atoms with van der Waals surface area (Å²) in [5, 5.41) is 1.00. The van der Waals surface area contributed by atoms with Gasteiger partial charge in [0.05, 0.1) is 17.2 Å². The molecule has 0 amide bonds. The van der Waals surface area contributed by atoms with E-state index in [0.717, 1.165) is 5.56 Å². The highest BCUT2D eigenvalue weighted by molar-refractivity contribution is 6.42. The molecule has 0 unspecified atom stereocenters. The molecule has 1 heterocycles. The summed E-state index contributed by atoms with van der Waals surface area (Å²) in [5.74, 6) is 0.358. The van der Waals surface area contributed by atoms with Crippen LogP contribution in [0.5, 0.6) is 0 Å². The molecule has 0 bridgehead atoms. The van der Waals surface area contributed by atoms with Crippen LogP contribution in [0.2, 0.25) is 10.0 Å². The summed E-state index contributed by atoms with van der Waals surface area (Å²) in [6, 6.07) is 8.66. The van der Waals surface area contributed by atoms with E-state index in [1.807, 2.05) is 6.07 Å². The Balaban J connectivity index is 2.16. The van der Waals surface area contributed by atoms with Gasteiger partial charge in [-0.3, -0.25) is 0 Å². The van der Waals surface area contributed by atoms with Crippen LogP contribution >= 0.6 is 23.2 Å². The van der Waals surface area contributed by atoms with Gasteiger partial charge < -0.3 is 9.15 Å². The Labute approximate surface area is 114 Å². The van der Waals surface area contributed by atoms with E-state index in [2.05, 4.69) is 4.74 Å². The van der Waals surface area contributed by atoms with Crippen LogP contribution in [0.1, 0.15) is 21.9 Å². The van der Waals surface area contributed by atoms with Crippen molar-refractivity contribution in [2.45, 2.75) is 6.42 Å². The number of benzene rings is 1. The molecular weight excluding hydrogens is 275 g/mol. The summed E-state index contributed by atoms with van der Waals surface area (Å²) in [7, 11) is 1.31. The van der Waals surface area contributed by atoms with Crippen LogP contribution in [0.15, 0.2) is 34.7 Å². The number of furan rings is 1. The van der Waals surface area contributed by atoms with Gasteiger partial charge in [0, 0.05) is 6.42 Å². The van der Waals surface area contributed by atoms with Crippen molar-refractivity contribution >= 4 is 29.2 Å². The molecule has 1 aromatic carbocycles. The highest BCUT2D eigenvalue weighted by atomic mass is 35.5. The highest BCUT2D eigenvalue weighted by Gasteiger charge is 2.11. The topological polar surface area (TPSA) is 39.4 Å². The van der Waals surface area contributed by atoms with Gasteiger partial charge in [0.25, 0.3) is 0 Å². The largest absolute Gasteiger partial charge is 0.463 e. The van der Waals surface area contributed by atoms with E-state index < -0.39 is 5.97 Å². The van der Waals surface area contributed by atoms with E-state index >= 15 is 0 Å². The minimum absolute atomic E-state index is 0.188. The molecule has 1 aromatic heterocycles. The fraction of sp³-hybridized carbons (Fsp3) is 0.154. The number of hydrogen-bond acceptors (Lipinski definition) is 3. The summed E-state index contributed by atoms with van der Waals surface area (Å²) < 4.78 is 9.92. The van der Waals surface area contributed by atoms with Gasteiger partial charge in [-0.2, -0.15) is 0 Å². The Morgan fingerprint density at radius 2 is 2.00 bits per heavy atom. The maximum absolute atomic E-state index is 11.2. The quantitative estimate of drug-likeness (QED) is 0.801. The number of hydrogen-bond donors (Lipinski definition) is 0. The van der Waals surface area contributed by atoms with Crippen molar-refractivity contribution in [3.05, 3.63) is 57.5 Å². The van der Waals surface area contributed by atoms with Crippen molar-refractivity contribution in [2.24, 2.45) is 0 Å². The number of halogens is 2. The predicted molar refractivity (Wildman–Crippen MR) is 69.3 cm³/mol. The van der Waals surface area contributed by atoms with Crippen molar-refractivity contribution in [1.82, 2.24) is 0 Å². The first-order valence-corrected chi connectivity index (χ1v) is 5.96. The molecule has 2 aromatic rings. The lowest BCUT2D eigenvalue weighted by atomic mass is 10.1. The zero-order valence-electron chi connectivity index (χ0n) is 9.57. The Kier molecular flexibility index (Phi) is 3.94. The summed E-state index contributed by atoms with van der Waals surface area (Å²) in [6.45, 7) is 0. The van der Waals surface area contributed by atoms with Gasteiger partial charge in [0.15, 0.2) is 0 Å². The van der Waals surface area contributed by atoms with E-state index in [1.54, 1.807) is 24.3 Å². The van der Waals surface area contributed by atoms with Crippen molar-refractivity contribution in [3.8, 4) is 0 Å². The number of carbonyl (C=O) groups is 1. The zero-order valence-corrected chi connectivity index (χ0v) is 11.1. The fourth-order valence-corrected chi connectivity index (χ4v) is 1.85. The molecule has 94 valence electrons. The second kappa shape index (κ2) is 5.46. The van der Waals surface area contributed by atoms with Gasteiger partial charge in [0.2, 0.25) is 5.76 Å². The zero-order chi connectivity index (χ0) is 13.1. The van der Waals surface area contributed by atoms with Crippen LogP contribution < -0.4 is 0 Å². The average molecular weight is 285 g/mol. The van der Waals surface area contributed by atoms with Gasteiger partial charge in [0.1, 0.15) is 5.76 Å². The van der Waals surface area contributed by atoms with Crippen LogP contribution in [0, 0.1) is 0 Å². The molecule has 0 aliphatic heterocycles. The first-order valence-electron chi connectivity index (χ1n) is 5.21. The molecule has 2 rings (SSSR count). The second-order valence-corrected chi connectivity index (χ2v) is 4.50. The molecule has 0 radical (unpaired) electrons. The van der Waals surface area contributed by atoms with Gasteiger partial charge >= 0.3 is 5.97 Å². The van der Waals surface area contributed by atoms with E-state index in [9.17, 15) is 4.79 Å². The monoisotopic (exact) mass is 284 g/mol. The normalized spacial score (nSPS) is 10.4. The molecule has 18 heavy (non-hydrogen) atoms. The van der Waals surface area contributed by atoms with E-state index in [1.165, 1.54) is 7.11 Å². The number of esters is 1. The van der Waals surface area contributed by atoms with E-state index in [0.29, 0.717) is 22.2 Å². The minimum atomic E-state index is -0.490. The molecule has 3 nitrogen and oxygen atoms in total. The summed E-state index contributed by atoms with van der Waals surface area (Å²) >= 11 is 11.8. The molecule has 0 spiro atoms. The van der Waals surface area contributed by atoms with Gasteiger partial charge in [-0.05, 0) is 29.8 Å². The smallest absolute Gasteiger partial charge is 0.373 e. The van der Waals surface area contributed by atoms with Crippen molar-refractivity contribution in [3.63, 3.8) is 0 Å². The number of methoxy groups -OCH3 is 1. The molecule has 0 N–H and O–H groups in total. The lowest BCUT2D eigenvalue weighted by Crippen LogP contribution is -1.98. The van der Waals surface area contributed by atoms with E-state index in [4.69, 9.17) is 27.6 Å². The standard InChI is InChI=1S/C13H10Cl2O3/c1-17-13(16)12-5-3-9(18-12)6-8-2-4-10(14)11(15)7-8/h2-5,7H,6H2,1H3. The third kappa shape index (κ3) is 2.86. The summed E-state index contributed by atoms with van der Waals surface area (Å²) in [4.78, 5) is 11.2. The van der Waals surface area contributed by atoms with Crippen LogP contribution in [-0.2, 0) is 11.2 Å². The number of ether oxygens (including phenoxy) is 1. The lowest BCUT2D eigenvalue weighted by Gasteiger charge is -2.01. The SMILES string of the molecule is COC(=O)c1ccc(Cc2ccc(Cl)c(Cl)c2)o1. The van der Waals surface area contributed by atoms with Crippen LogP contribution in [-0.4, -0.2) is 13.1 Å². The predicted octanol–water partition coefficient (Wildman–Crippen LogP) is 3.96. The van der Waals surface area contributed by atoms with Crippen molar-refractivity contribution in [2.75, 3.05) is 7.11 Å². The summed E-state index contributed by atoms with van der Waals surface area (Å²) in [6.07, 6.45) is 0.536. The second-order valence-electron chi connectivity index (χ2n) is 3.68. The number of carbonyl (C=O) groups excluding carboxylic acids is 1. The average Bonchev–Trinajstić information content (AvgIpc) is 2.81. The Bertz CT molecular complexity index is 575. The minimum Gasteiger partial charge on any atom is -0.463 e. The van der Waals surface area contributed by atoms with Gasteiger partial charge in [-0.1, -0.05) is 29.3 Å². The fourth-order valence-electron chi connectivity index (χ4n) is 1.53. The molecule has 0 fully saturated rings. The molecule has 0 aliphatic carbocycles. The maximum atomic E-state index is 11.2. The molecule has 0 aliphatic rings. The highest BCUT2D eigenvalue weighted by Crippen LogP contribution is 2.24. The molecule has 0 saturated heterocycles. The maximum Gasteiger partial charge on any atom is 0.373 e. The molecule has 5 heteroatoms. The van der Waals surface area contributed by atoms with Crippen LogP contribution in [0.4, 0.5) is 0 Å². The van der Waals surface area contributed by atoms with Gasteiger partial charge in [-0.15, -0.1) is 0 Å². The first-order chi connectivity index (χ1) is 8.60. The van der Waals surface area contributed by atoms with Gasteiger partial charge in [-0.25, -0.2) is 4.79 Å². The van der Waals surface area contributed by atoms with Crippen LogP contribution in [0.25, 0.3) is 0 Å². The van der Waals surface area contributed by atoms with Crippen molar-refractivity contribution in [1.29, 1.82) is 0 Å². The number of rotatable bonds is 3. The third-order valence-electron chi connectivity index (χ3n) is 2.41. The Morgan fingerprint density at radius 3 is 2.67 bits per heavy atom. The molecular formula is C13H10Cl2O3. The first kappa shape index (κ1) is 13.0. The van der Waals surface area contributed by atoms with E-state index in [-0.39, 0.29) is 5.76 Å². The summed E-state index contributed by atoms with van der Waals surface area (Å²) in [5.41, 5.74) is 0.954. The van der Waals surface area contributed by atoms with Crippen molar-refractivity contribution < 1.29 is 13.9 Å². The molecule has 0 atom stereocenters. The van der Waals surface area contributed by atoms with Crippen LogP contribution in [0.3, 0.4) is 0 Å². The molecule has 0 saturated carbocycles. The third-order valence-corrected chi connectivity index (χ3v) is 3.15.